The summed E-state index contributed by atoms with van der Waals surface area (Å²) >= 11 is 0. The SMILES string of the molecule is O=C1Nc2ccccc2/C1=C/c1ccc(OCc2cccc(F)c2)cc1. The second-order valence-electron chi connectivity index (χ2n) is 6.05. The minimum atomic E-state index is -0.275. The molecule has 3 aromatic carbocycles. The summed E-state index contributed by atoms with van der Waals surface area (Å²) in [5, 5.41) is 2.86. The Balaban J connectivity index is 1.49. The largest absolute Gasteiger partial charge is 0.489 e. The van der Waals surface area contributed by atoms with Crippen molar-refractivity contribution in [2.24, 2.45) is 0 Å². The van der Waals surface area contributed by atoms with Crippen LogP contribution in [0.2, 0.25) is 0 Å². The van der Waals surface area contributed by atoms with Crippen molar-refractivity contribution in [2.45, 2.75) is 6.61 Å². The number of nitrogens with one attached hydrogen (secondary N) is 1. The first kappa shape index (κ1) is 16.1. The molecule has 1 aliphatic heterocycles. The van der Waals surface area contributed by atoms with Crippen molar-refractivity contribution in [1.29, 1.82) is 0 Å². The molecule has 0 atom stereocenters. The Bertz CT molecular complexity index is 993. The van der Waals surface area contributed by atoms with Crippen molar-refractivity contribution in [3.63, 3.8) is 0 Å². The lowest BCUT2D eigenvalue weighted by Gasteiger charge is -2.07. The van der Waals surface area contributed by atoms with Gasteiger partial charge in [0.15, 0.2) is 0 Å². The quantitative estimate of drug-likeness (QED) is 0.683. The molecule has 0 bridgehead atoms. The summed E-state index contributed by atoms with van der Waals surface area (Å²) in [6, 6.07) is 21.4. The van der Waals surface area contributed by atoms with Crippen LogP contribution in [-0.2, 0) is 11.4 Å². The zero-order valence-corrected chi connectivity index (χ0v) is 13.9. The summed E-state index contributed by atoms with van der Waals surface area (Å²) in [6.45, 7) is 0.300. The van der Waals surface area contributed by atoms with Gasteiger partial charge in [0, 0.05) is 16.8 Å². The average Bonchev–Trinajstić information content (AvgIpc) is 2.97. The molecule has 1 aliphatic rings. The van der Waals surface area contributed by atoms with Crippen LogP contribution in [0.5, 0.6) is 5.75 Å². The summed E-state index contributed by atoms with van der Waals surface area (Å²) in [4.78, 5) is 12.2. The number of rotatable bonds is 4. The summed E-state index contributed by atoms with van der Waals surface area (Å²) in [7, 11) is 0. The molecule has 4 heteroatoms. The normalized spacial score (nSPS) is 14.2. The number of ether oxygens (including phenoxy) is 1. The second kappa shape index (κ2) is 6.84. The van der Waals surface area contributed by atoms with E-state index in [-0.39, 0.29) is 11.7 Å². The number of halogens is 1. The molecule has 0 radical (unpaired) electrons. The van der Waals surface area contributed by atoms with E-state index >= 15 is 0 Å². The highest BCUT2D eigenvalue weighted by Gasteiger charge is 2.23. The Kier molecular flexibility index (Phi) is 4.23. The summed E-state index contributed by atoms with van der Waals surface area (Å²) in [5.41, 5.74) is 4.07. The van der Waals surface area contributed by atoms with E-state index in [2.05, 4.69) is 5.32 Å². The monoisotopic (exact) mass is 345 g/mol. The van der Waals surface area contributed by atoms with E-state index in [9.17, 15) is 9.18 Å². The van der Waals surface area contributed by atoms with Crippen LogP contribution in [0.15, 0.2) is 72.8 Å². The van der Waals surface area contributed by atoms with Crippen LogP contribution < -0.4 is 10.1 Å². The molecule has 128 valence electrons. The van der Waals surface area contributed by atoms with Gasteiger partial charge in [-0.25, -0.2) is 4.39 Å². The molecule has 1 N–H and O–H groups in total. The van der Waals surface area contributed by atoms with E-state index in [1.807, 2.05) is 60.7 Å². The van der Waals surface area contributed by atoms with Crippen molar-refractivity contribution >= 4 is 23.2 Å². The maximum atomic E-state index is 13.2. The van der Waals surface area contributed by atoms with Crippen molar-refractivity contribution in [1.82, 2.24) is 0 Å². The number of fused-ring (bicyclic) bond motifs is 1. The molecule has 0 aliphatic carbocycles. The topological polar surface area (TPSA) is 38.3 Å². The molecule has 0 unspecified atom stereocenters. The molecule has 0 saturated carbocycles. The Morgan fingerprint density at radius 1 is 0.962 bits per heavy atom. The third-order valence-electron chi connectivity index (χ3n) is 4.20. The molecule has 4 rings (SSSR count). The van der Waals surface area contributed by atoms with Gasteiger partial charge in [0.2, 0.25) is 0 Å². The Morgan fingerprint density at radius 2 is 1.77 bits per heavy atom. The zero-order valence-electron chi connectivity index (χ0n) is 13.9. The van der Waals surface area contributed by atoms with Gasteiger partial charge in [0.25, 0.3) is 5.91 Å². The molecule has 3 aromatic rings. The smallest absolute Gasteiger partial charge is 0.256 e. The second-order valence-corrected chi connectivity index (χ2v) is 6.05. The first-order valence-corrected chi connectivity index (χ1v) is 8.29. The van der Waals surface area contributed by atoms with E-state index in [1.54, 1.807) is 6.07 Å². The number of hydrogen-bond acceptors (Lipinski definition) is 2. The molecule has 0 aromatic heterocycles. The maximum Gasteiger partial charge on any atom is 0.256 e. The number of carbonyl (C=O) groups is 1. The molecular formula is C22H16FNO2. The zero-order chi connectivity index (χ0) is 17.9. The average molecular weight is 345 g/mol. The van der Waals surface area contributed by atoms with Gasteiger partial charge in [-0.3, -0.25) is 4.79 Å². The molecule has 0 spiro atoms. The standard InChI is InChI=1S/C22H16FNO2/c23-17-5-3-4-16(12-17)14-26-18-10-8-15(9-11-18)13-20-19-6-1-2-7-21(19)24-22(20)25/h1-13H,14H2,(H,24,25)/b20-13-. The number of amides is 1. The van der Waals surface area contributed by atoms with Gasteiger partial charge in [-0.15, -0.1) is 0 Å². The number of para-hydroxylation sites is 1. The number of anilines is 1. The lowest BCUT2D eigenvalue weighted by Crippen LogP contribution is -2.03. The van der Waals surface area contributed by atoms with E-state index in [1.165, 1.54) is 12.1 Å². The minimum absolute atomic E-state index is 0.0994. The maximum absolute atomic E-state index is 13.2. The lowest BCUT2D eigenvalue weighted by atomic mass is 10.0. The first-order valence-electron chi connectivity index (χ1n) is 8.29. The van der Waals surface area contributed by atoms with Gasteiger partial charge in [0.05, 0.1) is 0 Å². The van der Waals surface area contributed by atoms with Crippen LogP contribution in [0.3, 0.4) is 0 Å². The summed E-state index contributed by atoms with van der Waals surface area (Å²) in [5.74, 6) is 0.313. The van der Waals surface area contributed by atoms with Crippen molar-refractivity contribution in [3.05, 3.63) is 95.3 Å². The lowest BCUT2D eigenvalue weighted by molar-refractivity contribution is -0.110. The fourth-order valence-corrected chi connectivity index (χ4v) is 2.90. The van der Waals surface area contributed by atoms with E-state index in [4.69, 9.17) is 4.74 Å². The Labute approximate surface area is 150 Å². The van der Waals surface area contributed by atoms with Gasteiger partial charge in [-0.1, -0.05) is 42.5 Å². The van der Waals surface area contributed by atoms with Crippen molar-refractivity contribution < 1.29 is 13.9 Å². The van der Waals surface area contributed by atoms with Crippen molar-refractivity contribution in [3.8, 4) is 5.75 Å². The fraction of sp³-hybridized carbons (Fsp3) is 0.0455. The van der Waals surface area contributed by atoms with Crippen LogP contribution >= 0.6 is 0 Å². The summed E-state index contributed by atoms with van der Waals surface area (Å²) < 4.78 is 18.9. The molecule has 1 heterocycles. The third-order valence-corrected chi connectivity index (χ3v) is 4.20. The highest BCUT2D eigenvalue weighted by atomic mass is 19.1. The van der Waals surface area contributed by atoms with Crippen molar-refractivity contribution in [2.75, 3.05) is 5.32 Å². The fourth-order valence-electron chi connectivity index (χ4n) is 2.90. The number of carbonyl (C=O) groups excluding carboxylic acids is 1. The highest BCUT2D eigenvalue weighted by molar-refractivity contribution is 6.34. The molecule has 3 nitrogen and oxygen atoms in total. The Morgan fingerprint density at radius 3 is 2.58 bits per heavy atom. The van der Waals surface area contributed by atoms with E-state index in [0.717, 1.165) is 22.4 Å². The van der Waals surface area contributed by atoms with Gasteiger partial charge in [0.1, 0.15) is 18.2 Å². The van der Waals surface area contributed by atoms with Gasteiger partial charge < -0.3 is 10.1 Å². The Hall–Kier alpha value is -3.40. The van der Waals surface area contributed by atoms with Crippen LogP contribution in [0.4, 0.5) is 10.1 Å². The molecule has 1 amide bonds. The van der Waals surface area contributed by atoms with Crippen LogP contribution in [0.1, 0.15) is 16.7 Å². The van der Waals surface area contributed by atoms with Gasteiger partial charge in [-0.05, 0) is 47.5 Å². The third kappa shape index (κ3) is 3.35. The predicted octanol–water partition coefficient (Wildman–Crippen LogP) is 4.90. The first-order chi connectivity index (χ1) is 12.7. The summed E-state index contributed by atoms with van der Waals surface area (Å²) in [6.07, 6.45) is 1.86. The molecular weight excluding hydrogens is 329 g/mol. The van der Waals surface area contributed by atoms with Crippen LogP contribution in [0, 0.1) is 5.82 Å². The minimum Gasteiger partial charge on any atom is -0.489 e. The van der Waals surface area contributed by atoms with Crippen LogP contribution in [-0.4, -0.2) is 5.91 Å². The van der Waals surface area contributed by atoms with Crippen LogP contribution in [0.25, 0.3) is 11.6 Å². The predicted molar refractivity (Wildman–Crippen MR) is 100 cm³/mol. The number of benzene rings is 3. The van der Waals surface area contributed by atoms with Gasteiger partial charge >= 0.3 is 0 Å². The molecule has 0 saturated heterocycles. The number of hydrogen-bond donors (Lipinski definition) is 1. The van der Waals surface area contributed by atoms with E-state index < -0.39 is 0 Å². The molecule has 26 heavy (non-hydrogen) atoms. The highest BCUT2D eigenvalue weighted by Crippen LogP contribution is 2.32. The van der Waals surface area contributed by atoms with E-state index in [0.29, 0.717) is 17.9 Å². The van der Waals surface area contributed by atoms with Gasteiger partial charge in [-0.2, -0.15) is 0 Å². The molecule has 0 fully saturated rings.